The van der Waals surface area contributed by atoms with Gasteiger partial charge >= 0.3 is 0 Å². The molecule has 0 amide bonds. The highest BCUT2D eigenvalue weighted by Gasteiger charge is 2.42. The zero-order valence-electron chi connectivity index (χ0n) is 19.8. The third-order valence-electron chi connectivity index (χ3n) is 6.06. The second kappa shape index (κ2) is 8.22. The average molecular weight is 465 g/mol. The number of sulfonamides is 1. The van der Waals surface area contributed by atoms with Gasteiger partial charge in [-0.2, -0.15) is 0 Å². The number of aromatic nitrogens is 1. The molecule has 5 nitrogen and oxygen atoms in total. The van der Waals surface area contributed by atoms with Gasteiger partial charge in [0.05, 0.1) is 17.3 Å². The maximum Gasteiger partial charge on any atom is 0.246 e. The molecule has 0 spiro atoms. The van der Waals surface area contributed by atoms with E-state index in [2.05, 4.69) is 77.1 Å². The van der Waals surface area contributed by atoms with Crippen LogP contribution in [-0.2, 0) is 21.1 Å². The van der Waals surface area contributed by atoms with E-state index in [4.69, 9.17) is 4.43 Å². The molecule has 0 aromatic carbocycles. The van der Waals surface area contributed by atoms with Crippen LogP contribution in [0.1, 0.15) is 72.0 Å². The molecule has 9 heteroatoms. The molecule has 1 aromatic heterocycles. The second-order valence-electron chi connectivity index (χ2n) is 11.0. The molecule has 0 aliphatic carbocycles. The zero-order valence-corrected chi connectivity index (χ0v) is 23.4. The van der Waals surface area contributed by atoms with Crippen molar-refractivity contribution in [1.82, 2.24) is 9.37 Å². The molecule has 0 fully saturated rings. The molecule has 1 aromatic rings. The van der Waals surface area contributed by atoms with Crippen LogP contribution >= 0.6 is 11.3 Å². The molecule has 0 bridgehead atoms. The van der Waals surface area contributed by atoms with Gasteiger partial charge in [0.25, 0.3) is 0 Å². The van der Waals surface area contributed by atoms with E-state index in [1.165, 1.54) is 11.3 Å². The van der Waals surface area contributed by atoms with Crippen LogP contribution in [0.25, 0.3) is 0 Å². The average Bonchev–Trinajstić information content (AvgIpc) is 2.87. The van der Waals surface area contributed by atoms with Crippen molar-refractivity contribution in [2.24, 2.45) is 0 Å². The van der Waals surface area contributed by atoms with Gasteiger partial charge < -0.3 is 4.43 Å². The van der Waals surface area contributed by atoms with Crippen LogP contribution in [0.15, 0.2) is 4.21 Å². The standard InChI is InChI=1S/C19H40N2O3S2Si2/c1-14(2)16-20-15(13-24-28(11,12)19(6,7)8)17(25-16)26(22,23)21-27(9,10)18(3,4)5/h14,21H,13H2,1-12H3. The Morgan fingerprint density at radius 3 is 1.93 bits per heavy atom. The van der Waals surface area contributed by atoms with E-state index in [-0.39, 0.29) is 22.6 Å². The largest absolute Gasteiger partial charge is 0.411 e. The smallest absolute Gasteiger partial charge is 0.246 e. The Balaban J connectivity index is 3.32. The number of nitrogens with zero attached hydrogens (tertiary/aromatic N) is 1. The lowest BCUT2D eigenvalue weighted by Gasteiger charge is -2.37. The molecule has 0 saturated heterocycles. The highest BCUT2D eigenvalue weighted by atomic mass is 32.2. The van der Waals surface area contributed by atoms with Gasteiger partial charge in [0.2, 0.25) is 10.0 Å². The molecular weight excluding hydrogens is 425 g/mol. The van der Waals surface area contributed by atoms with Crippen molar-refractivity contribution in [2.75, 3.05) is 0 Å². The number of hydrogen-bond acceptors (Lipinski definition) is 5. The summed E-state index contributed by atoms with van der Waals surface area (Å²) in [4.78, 5) is 4.67. The quantitative estimate of drug-likeness (QED) is 0.497. The van der Waals surface area contributed by atoms with Crippen molar-refractivity contribution in [2.45, 2.75) is 108 Å². The Bertz CT molecular complexity index is 787. The molecule has 1 heterocycles. The van der Waals surface area contributed by atoms with Gasteiger partial charge in [-0.05, 0) is 23.2 Å². The second-order valence-corrected chi connectivity index (χ2v) is 24.1. The Morgan fingerprint density at radius 1 is 1.04 bits per heavy atom. The number of rotatable bonds is 7. The van der Waals surface area contributed by atoms with E-state index >= 15 is 0 Å². The molecule has 164 valence electrons. The number of nitrogens with one attached hydrogen (secondary N) is 1. The summed E-state index contributed by atoms with van der Waals surface area (Å²) in [6.07, 6.45) is 0. The first-order chi connectivity index (χ1) is 12.2. The Labute approximate surface area is 179 Å². The molecule has 0 unspecified atom stereocenters. The molecule has 1 rings (SSSR count). The van der Waals surface area contributed by atoms with Gasteiger partial charge in [0.15, 0.2) is 12.5 Å². The van der Waals surface area contributed by atoms with Crippen LogP contribution in [0.4, 0.5) is 0 Å². The van der Waals surface area contributed by atoms with E-state index in [0.29, 0.717) is 9.90 Å². The third-order valence-corrected chi connectivity index (χ3v) is 20.2. The molecule has 1 N–H and O–H groups in total. The SMILES string of the molecule is CC(C)c1nc(CO[Si](C)(C)C(C)(C)C)c(S(=O)(=O)N[Si](C)(C)C(C)(C)C)s1. The van der Waals surface area contributed by atoms with Crippen molar-refractivity contribution >= 4 is 37.9 Å². The lowest BCUT2D eigenvalue weighted by atomic mass is 10.2. The van der Waals surface area contributed by atoms with Gasteiger partial charge in [0, 0.05) is 5.92 Å². The Morgan fingerprint density at radius 2 is 1.54 bits per heavy atom. The van der Waals surface area contributed by atoms with Crippen molar-refractivity contribution < 1.29 is 12.8 Å². The summed E-state index contributed by atoms with van der Waals surface area (Å²) < 4.78 is 36.3. The van der Waals surface area contributed by atoms with Crippen LogP contribution in [0.5, 0.6) is 0 Å². The first-order valence-electron chi connectivity index (χ1n) is 9.89. The topological polar surface area (TPSA) is 68.3 Å². The lowest BCUT2D eigenvalue weighted by Crippen LogP contribution is -2.54. The van der Waals surface area contributed by atoms with Crippen LogP contribution in [0.3, 0.4) is 0 Å². The van der Waals surface area contributed by atoms with Crippen LogP contribution in [0, 0.1) is 0 Å². The predicted octanol–water partition coefficient (Wildman–Crippen LogP) is 6.07. The van der Waals surface area contributed by atoms with Crippen molar-refractivity contribution in [3.8, 4) is 0 Å². The molecule has 0 aliphatic rings. The minimum absolute atomic E-state index is 0.0579. The van der Waals surface area contributed by atoms with E-state index in [9.17, 15) is 8.42 Å². The van der Waals surface area contributed by atoms with Crippen LogP contribution < -0.4 is 4.39 Å². The molecule has 28 heavy (non-hydrogen) atoms. The molecule has 0 aliphatic heterocycles. The molecule has 0 radical (unpaired) electrons. The monoisotopic (exact) mass is 464 g/mol. The lowest BCUT2D eigenvalue weighted by molar-refractivity contribution is 0.270. The molecule has 0 saturated carbocycles. The number of hydrogen-bond donors (Lipinski definition) is 1. The zero-order chi connectivity index (χ0) is 22.3. The fourth-order valence-corrected chi connectivity index (χ4v) is 9.41. The summed E-state index contributed by atoms with van der Waals surface area (Å²) in [5.41, 5.74) is 0.546. The minimum atomic E-state index is -3.64. The van der Waals surface area contributed by atoms with Gasteiger partial charge in [-0.3, -0.25) is 0 Å². The maximum atomic E-state index is 13.3. The normalized spacial score (nSPS) is 14.8. The third kappa shape index (κ3) is 5.98. The maximum absolute atomic E-state index is 13.3. The molecule has 0 atom stereocenters. The summed E-state index contributed by atoms with van der Waals surface area (Å²) in [5, 5.41) is 0.801. The van der Waals surface area contributed by atoms with Crippen molar-refractivity contribution in [3.63, 3.8) is 0 Å². The Kier molecular flexibility index (Phi) is 7.63. The highest BCUT2D eigenvalue weighted by Crippen LogP contribution is 2.39. The summed E-state index contributed by atoms with van der Waals surface area (Å²) in [6, 6.07) is 0. The van der Waals surface area contributed by atoms with Gasteiger partial charge in [-0.15, -0.1) is 11.3 Å². The molecular formula is C19H40N2O3S2Si2. The van der Waals surface area contributed by atoms with Gasteiger partial charge in [-0.1, -0.05) is 68.5 Å². The number of thiazole rings is 1. The predicted molar refractivity (Wildman–Crippen MR) is 126 cm³/mol. The van der Waals surface area contributed by atoms with Crippen molar-refractivity contribution in [3.05, 3.63) is 10.7 Å². The van der Waals surface area contributed by atoms with Gasteiger partial charge in [0.1, 0.15) is 8.24 Å². The first-order valence-corrected chi connectivity index (χ1v) is 18.1. The summed E-state index contributed by atoms with van der Waals surface area (Å²) >= 11 is 1.28. The van der Waals surface area contributed by atoms with Crippen LogP contribution in [-0.4, -0.2) is 30.0 Å². The summed E-state index contributed by atoms with van der Waals surface area (Å²) in [5.74, 6) is 0.174. The minimum Gasteiger partial charge on any atom is -0.411 e. The Hall–Kier alpha value is -0.0662. The van der Waals surface area contributed by atoms with Gasteiger partial charge in [-0.25, -0.2) is 17.8 Å². The van der Waals surface area contributed by atoms with E-state index in [1.54, 1.807) is 0 Å². The van der Waals surface area contributed by atoms with Crippen molar-refractivity contribution in [1.29, 1.82) is 0 Å². The van der Waals surface area contributed by atoms with E-state index in [1.807, 2.05) is 13.8 Å². The fraction of sp³-hybridized carbons (Fsp3) is 0.842. The van der Waals surface area contributed by atoms with E-state index in [0.717, 1.165) is 5.01 Å². The summed E-state index contributed by atoms with van der Waals surface area (Å²) in [6.45, 7) is 25.6. The van der Waals surface area contributed by atoms with E-state index < -0.39 is 26.6 Å². The fourth-order valence-electron chi connectivity index (χ4n) is 1.90. The summed E-state index contributed by atoms with van der Waals surface area (Å²) in [7, 11) is -7.90. The highest BCUT2D eigenvalue weighted by molar-refractivity contribution is 7.93. The van der Waals surface area contributed by atoms with Crippen LogP contribution in [0.2, 0.25) is 36.3 Å². The first kappa shape index (κ1) is 26.0.